The lowest BCUT2D eigenvalue weighted by molar-refractivity contribution is -0.174. The zero-order valence-electron chi connectivity index (χ0n) is 26.7. The highest BCUT2D eigenvalue weighted by Gasteiger charge is 2.59. The fourth-order valence-corrected chi connectivity index (χ4v) is 6.35. The smallest absolute Gasteiger partial charge is 0.331 e. The van der Waals surface area contributed by atoms with Crippen LogP contribution in [0.25, 0.3) is 0 Å². The summed E-state index contributed by atoms with van der Waals surface area (Å²) in [5.41, 5.74) is 3.21. The summed E-state index contributed by atoms with van der Waals surface area (Å²) in [6.45, 7) is 4.72. The molecule has 0 saturated carbocycles. The van der Waals surface area contributed by atoms with Gasteiger partial charge in [0.15, 0.2) is 11.8 Å². The van der Waals surface area contributed by atoms with Gasteiger partial charge in [-0.2, -0.15) is 0 Å². The van der Waals surface area contributed by atoms with Crippen molar-refractivity contribution in [1.29, 1.82) is 0 Å². The van der Waals surface area contributed by atoms with Crippen molar-refractivity contribution in [1.82, 2.24) is 10.2 Å². The number of aliphatic hydroxyl groups is 2. The Morgan fingerprint density at radius 2 is 1.91 bits per heavy atom. The van der Waals surface area contributed by atoms with Crippen LogP contribution in [-0.2, 0) is 44.8 Å². The first kappa shape index (κ1) is 36.2. The minimum atomic E-state index is -2.20. The molecule has 2 aliphatic heterocycles. The standard InChI is InChI=1S/C33H42ClN3O10/c1-4-10-23(39)47-32(3)27(40)21-17-37(33(14-9-16-46-33)28(41)24(21)25(34)29(32)42)15-8-13-22(35)30(43)36-26(19(2)38)31(44)45-18-20-11-6-5-7-12-20/h5-7,11-12,17,19,22,26,28,38,41H,4,8-10,13-16,18,35H2,1-3H3,(H,36,43)/t19-,22+,26+,28+,32-,33-/m1/s1. The number of nitrogens with two attached hydrogens (primary N) is 1. The lowest BCUT2D eigenvalue weighted by Crippen LogP contribution is -2.62. The molecule has 0 radical (unpaired) electrons. The van der Waals surface area contributed by atoms with Gasteiger partial charge in [-0.05, 0) is 45.1 Å². The van der Waals surface area contributed by atoms with E-state index in [1.165, 1.54) is 20.0 Å². The molecule has 1 fully saturated rings. The molecule has 13 nitrogen and oxygen atoms in total. The van der Waals surface area contributed by atoms with Crippen molar-refractivity contribution in [2.45, 2.75) is 102 Å². The highest BCUT2D eigenvalue weighted by Crippen LogP contribution is 2.47. The summed E-state index contributed by atoms with van der Waals surface area (Å²) in [5, 5.41) is 23.8. The molecule has 0 bridgehead atoms. The number of carbonyl (C=O) groups is 5. The molecule has 4 rings (SSSR count). The van der Waals surface area contributed by atoms with Crippen molar-refractivity contribution < 1.29 is 48.4 Å². The number of hydrogen-bond acceptors (Lipinski definition) is 12. The van der Waals surface area contributed by atoms with Gasteiger partial charge in [0.25, 0.3) is 0 Å². The number of aliphatic hydroxyl groups excluding tert-OH is 2. The van der Waals surface area contributed by atoms with Crippen LogP contribution < -0.4 is 11.1 Å². The minimum Gasteiger partial charge on any atom is -0.459 e. The maximum Gasteiger partial charge on any atom is 0.331 e. The number of Topliss-reactive ketones (excluding diaryl/α,β-unsaturated/α-hetero) is 2. The molecule has 1 aromatic rings. The Hall–Kier alpha value is -3.62. The Kier molecular flexibility index (Phi) is 11.6. The third kappa shape index (κ3) is 7.44. The molecule has 0 aromatic heterocycles. The Labute approximate surface area is 278 Å². The second-order valence-electron chi connectivity index (χ2n) is 12.1. The van der Waals surface area contributed by atoms with Crippen LogP contribution in [0.4, 0.5) is 0 Å². The monoisotopic (exact) mass is 675 g/mol. The van der Waals surface area contributed by atoms with Gasteiger partial charge in [-0.3, -0.25) is 19.2 Å². The van der Waals surface area contributed by atoms with E-state index < -0.39 is 70.1 Å². The van der Waals surface area contributed by atoms with E-state index >= 15 is 0 Å². The third-order valence-electron chi connectivity index (χ3n) is 8.62. The van der Waals surface area contributed by atoms with E-state index in [1.807, 2.05) is 6.07 Å². The summed E-state index contributed by atoms with van der Waals surface area (Å²) < 4.78 is 16.7. The molecule has 3 aliphatic rings. The molecule has 1 amide bonds. The highest BCUT2D eigenvalue weighted by atomic mass is 35.5. The largest absolute Gasteiger partial charge is 0.459 e. The van der Waals surface area contributed by atoms with Gasteiger partial charge in [0, 0.05) is 43.3 Å². The first-order valence-corrected chi connectivity index (χ1v) is 16.1. The number of ether oxygens (including phenoxy) is 3. The average Bonchev–Trinajstić information content (AvgIpc) is 3.54. The van der Waals surface area contributed by atoms with E-state index in [4.69, 9.17) is 31.5 Å². The molecule has 1 aliphatic carbocycles. The van der Waals surface area contributed by atoms with Crippen molar-refractivity contribution in [2.24, 2.45) is 5.73 Å². The van der Waals surface area contributed by atoms with Crippen LogP contribution >= 0.6 is 11.6 Å². The van der Waals surface area contributed by atoms with Crippen molar-refractivity contribution in [3.05, 3.63) is 58.3 Å². The number of carbonyl (C=O) groups excluding carboxylic acids is 5. The molecule has 2 heterocycles. The van der Waals surface area contributed by atoms with Gasteiger partial charge in [-0.1, -0.05) is 48.9 Å². The summed E-state index contributed by atoms with van der Waals surface area (Å²) in [6, 6.07) is 6.52. The van der Waals surface area contributed by atoms with Gasteiger partial charge in [-0.15, -0.1) is 0 Å². The number of amides is 1. The number of rotatable bonds is 13. The van der Waals surface area contributed by atoms with Crippen LogP contribution in [-0.4, -0.2) is 93.3 Å². The number of nitrogens with one attached hydrogen (secondary N) is 1. The van der Waals surface area contributed by atoms with Gasteiger partial charge in [0.2, 0.25) is 23.1 Å². The fraction of sp³-hybridized carbons (Fsp3) is 0.545. The first-order valence-electron chi connectivity index (χ1n) is 15.7. The number of fused-ring (bicyclic) bond motifs is 1. The first-order chi connectivity index (χ1) is 22.3. The number of benzene rings is 1. The molecular weight excluding hydrogens is 634 g/mol. The van der Waals surface area contributed by atoms with E-state index in [0.717, 1.165) is 5.56 Å². The van der Waals surface area contributed by atoms with Crippen LogP contribution in [0.1, 0.15) is 64.9 Å². The summed E-state index contributed by atoms with van der Waals surface area (Å²) in [4.78, 5) is 66.6. The number of nitrogens with zero attached hydrogens (tertiary/aromatic N) is 1. The molecule has 1 aromatic carbocycles. The average molecular weight is 676 g/mol. The zero-order valence-corrected chi connectivity index (χ0v) is 27.5. The van der Waals surface area contributed by atoms with E-state index in [-0.39, 0.29) is 43.6 Å². The predicted octanol–water partition coefficient (Wildman–Crippen LogP) is 1.52. The topological polar surface area (TPSA) is 195 Å². The van der Waals surface area contributed by atoms with Crippen LogP contribution in [0.5, 0.6) is 0 Å². The molecule has 1 saturated heterocycles. The van der Waals surface area contributed by atoms with E-state index in [2.05, 4.69) is 5.32 Å². The molecule has 47 heavy (non-hydrogen) atoms. The lowest BCUT2D eigenvalue weighted by Gasteiger charge is -2.49. The lowest BCUT2D eigenvalue weighted by atomic mass is 9.74. The minimum absolute atomic E-state index is 0.00421. The van der Waals surface area contributed by atoms with Gasteiger partial charge < -0.3 is 40.4 Å². The fourth-order valence-electron chi connectivity index (χ4n) is 5.96. The van der Waals surface area contributed by atoms with Gasteiger partial charge in [0.05, 0.1) is 17.2 Å². The number of esters is 2. The van der Waals surface area contributed by atoms with Crippen molar-refractivity contribution in [3.63, 3.8) is 0 Å². The summed E-state index contributed by atoms with van der Waals surface area (Å²) in [6.07, 6.45) is 0.484. The summed E-state index contributed by atoms with van der Waals surface area (Å²) in [7, 11) is 0. The van der Waals surface area contributed by atoms with Gasteiger partial charge >= 0.3 is 11.9 Å². The Morgan fingerprint density at radius 3 is 2.53 bits per heavy atom. The Balaban J connectivity index is 1.46. The SMILES string of the molecule is CCCC(=O)O[C@]1(C)C(=O)C2=CN(CCC[C@H](N)C(=O)N[C@H](C(=O)OCc3ccccc3)[C@@H](C)O)[C@@]3(CCCO3)[C@@H](O)C2=C(Cl)C1=O. The molecule has 6 atom stereocenters. The van der Waals surface area contributed by atoms with Crippen LogP contribution in [0, 0.1) is 0 Å². The molecule has 14 heteroatoms. The van der Waals surface area contributed by atoms with Gasteiger partial charge in [0.1, 0.15) is 12.7 Å². The highest BCUT2D eigenvalue weighted by molar-refractivity contribution is 6.49. The predicted molar refractivity (Wildman–Crippen MR) is 168 cm³/mol. The summed E-state index contributed by atoms with van der Waals surface area (Å²) in [5.74, 6) is -3.97. The molecule has 1 spiro atoms. The normalized spacial score (nSPS) is 26.0. The Bertz CT molecular complexity index is 1440. The second-order valence-corrected chi connectivity index (χ2v) is 12.5. The van der Waals surface area contributed by atoms with Crippen molar-refractivity contribution >= 4 is 41.0 Å². The Morgan fingerprint density at radius 1 is 1.21 bits per heavy atom. The van der Waals surface area contributed by atoms with Gasteiger partial charge in [-0.25, -0.2) is 4.79 Å². The second kappa shape index (κ2) is 15.1. The van der Waals surface area contributed by atoms with E-state index in [9.17, 15) is 34.2 Å². The zero-order chi connectivity index (χ0) is 34.5. The van der Waals surface area contributed by atoms with E-state index in [1.54, 1.807) is 36.1 Å². The number of ketones is 2. The van der Waals surface area contributed by atoms with Crippen LogP contribution in [0.2, 0.25) is 0 Å². The number of halogens is 1. The molecular formula is C33H42ClN3O10. The van der Waals surface area contributed by atoms with Crippen molar-refractivity contribution in [2.75, 3.05) is 13.2 Å². The summed E-state index contributed by atoms with van der Waals surface area (Å²) >= 11 is 6.47. The third-order valence-corrected chi connectivity index (χ3v) is 9.00. The van der Waals surface area contributed by atoms with Crippen LogP contribution in [0.3, 0.4) is 0 Å². The van der Waals surface area contributed by atoms with Crippen LogP contribution in [0.15, 0.2) is 52.7 Å². The molecule has 5 N–H and O–H groups in total. The number of hydrogen-bond donors (Lipinski definition) is 4. The quantitative estimate of drug-likeness (QED) is 0.174. The van der Waals surface area contributed by atoms with E-state index in [0.29, 0.717) is 25.9 Å². The van der Waals surface area contributed by atoms with Crippen molar-refractivity contribution in [3.8, 4) is 0 Å². The molecule has 256 valence electrons. The maximum atomic E-state index is 13.7. The molecule has 0 unspecified atom stereocenters. The maximum absolute atomic E-state index is 13.7.